The van der Waals surface area contributed by atoms with Crippen LogP contribution in [0.3, 0.4) is 0 Å². The number of rotatable bonds is 5. The lowest BCUT2D eigenvalue weighted by Crippen LogP contribution is -2.22. The van der Waals surface area contributed by atoms with Crippen LogP contribution in [0.15, 0.2) is 0 Å². The molecule has 0 aliphatic heterocycles. The molecule has 90 valence electrons. The van der Waals surface area contributed by atoms with Gasteiger partial charge in [0.25, 0.3) is 0 Å². The molecule has 0 aliphatic rings. The van der Waals surface area contributed by atoms with E-state index in [1.807, 2.05) is 0 Å². The Kier molecular flexibility index (Phi) is 7.04. The van der Waals surface area contributed by atoms with Crippen LogP contribution in [-0.2, 0) is 13.6 Å². The highest BCUT2D eigenvalue weighted by molar-refractivity contribution is 8.22. The first-order chi connectivity index (χ1) is 6.79. The van der Waals surface area contributed by atoms with Crippen molar-refractivity contribution in [1.29, 1.82) is 0 Å². The molecule has 0 aromatic heterocycles. The minimum atomic E-state index is -3.32. The molecule has 7 heteroatoms. The maximum absolute atomic E-state index is 12.1. The first-order valence-electron chi connectivity index (χ1n) is 4.62. The van der Waals surface area contributed by atoms with Crippen molar-refractivity contribution >= 4 is 36.0 Å². The van der Waals surface area contributed by atoms with Gasteiger partial charge in [-0.15, -0.1) is 11.8 Å². The van der Waals surface area contributed by atoms with E-state index in [0.717, 1.165) is 0 Å². The standard InChI is InChI=1S/C8H18NO3PS2/c1-6(2)11-13(10,12-7(3)4)9-8(14)15-5/h6-7H,1-5H3,(H,9,10,14). The van der Waals surface area contributed by atoms with E-state index in [0.29, 0.717) is 4.32 Å². The average molecular weight is 271 g/mol. The van der Waals surface area contributed by atoms with Crippen molar-refractivity contribution in [3.8, 4) is 0 Å². The highest BCUT2D eigenvalue weighted by atomic mass is 32.2. The van der Waals surface area contributed by atoms with Gasteiger partial charge in [-0.3, -0.25) is 14.1 Å². The molecule has 0 saturated heterocycles. The molecule has 0 aromatic rings. The van der Waals surface area contributed by atoms with Crippen LogP contribution < -0.4 is 5.09 Å². The highest BCUT2D eigenvalue weighted by Gasteiger charge is 2.28. The predicted octanol–water partition coefficient (Wildman–Crippen LogP) is 3.18. The summed E-state index contributed by atoms with van der Waals surface area (Å²) in [6, 6.07) is 0. The van der Waals surface area contributed by atoms with E-state index in [-0.39, 0.29) is 12.2 Å². The van der Waals surface area contributed by atoms with Crippen molar-refractivity contribution in [3.63, 3.8) is 0 Å². The zero-order chi connectivity index (χ0) is 12.1. The van der Waals surface area contributed by atoms with E-state index < -0.39 is 7.75 Å². The maximum Gasteiger partial charge on any atom is 0.434 e. The zero-order valence-corrected chi connectivity index (χ0v) is 12.2. The Bertz CT molecular complexity index is 244. The Hall–Kier alpha value is 0.390. The summed E-state index contributed by atoms with van der Waals surface area (Å²) in [4.78, 5) is 0. The van der Waals surface area contributed by atoms with Gasteiger partial charge in [-0.1, -0.05) is 12.2 Å². The number of hydrogen-bond acceptors (Lipinski definition) is 5. The molecule has 0 aliphatic carbocycles. The Morgan fingerprint density at radius 1 is 1.27 bits per heavy atom. The summed E-state index contributed by atoms with van der Waals surface area (Å²) in [6.45, 7) is 7.17. The van der Waals surface area contributed by atoms with Crippen molar-refractivity contribution < 1.29 is 13.6 Å². The normalized spacial score (nSPS) is 12.2. The van der Waals surface area contributed by atoms with Crippen LogP contribution in [0.25, 0.3) is 0 Å². The van der Waals surface area contributed by atoms with E-state index >= 15 is 0 Å². The second kappa shape index (κ2) is 6.86. The lowest BCUT2D eigenvalue weighted by atomic mass is 10.5. The van der Waals surface area contributed by atoms with Gasteiger partial charge in [0.15, 0.2) is 0 Å². The summed E-state index contributed by atoms with van der Waals surface area (Å²) in [5, 5.41) is 2.61. The highest BCUT2D eigenvalue weighted by Crippen LogP contribution is 2.46. The van der Waals surface area contributed by atoms with E-state index in [9.17, 15) is 4.57 Å². The van der Waals surface area contributed by atoms with Crippen molar-refractivity contribution in [2.45, 2.75) is 39.9 Å². The van der Waals surface area contributed by atoms with E-state index in [1.165, 1.54) is 11.8 Å². The van der Waals surface area contributed by atoms with Gasteiger partial charge in [0.1, 0.15) is 4.32 Å². The van der Waals surface area contributed by atoms with Crippen molar-refractivity contribution in [2.75, 3.05) is 6.26 Å². The van der Waals surface area contributed by atoms with Gasteiger partial charge in [-0.25, -0.2) is 4.57 Å². The van der Waals surface area contributed by atoms with Crippen LogP contribution in [0.2, 0.25) is 0 Å². The molecule has 0 spiro atoms. The fourth-order valence-electron chi connectivity index (χ4n) is 0.790. The fourth-order valence-corrected chi connectivity index (χ4v) is 3.31. The average Bonchev–Trinajstić information content (AvgIpc) is 1.99. The second-order valence-electron chi connectivity index (χ2n) is 3.41. The van der Waals surface area contributed by atoms with Crippen LogP contribution in [0.1, 0.15) is 27.7 Å². The molecule has 0 heterocycles. The molecular weight excluding hydrogens is 253 g/mol. The molecule has 0 fully saturated rings. The molecule has 0 saturated carbocycles. The molecule has 0 amide bonds. The third-order valence-electron chi connectivity index (χ3n) is 1.11. The molecule has 0 atom stereocenters. The van der Waals surface area contributed by atoms with Gasteiger partial charge in [-0.05, 0) is 34.0 Å². The first kappa shape index (κ1) is 15.4. The van der Waals surface area contributed by atoms with Gasteiger partial charge in [0, 0.05) is 0 Å². The SMILES string of the molecule is CSC(=S)NP(=O)(OC(C)C)OC(C)C. The van der Waals surface area contributed by atoms with Crippen LogP contribution in [0.5, 0.6) is 0 Å². The summed E-state index contributed by atoms with van der Waals surface area (Å²) in [6.07, 6.45) is 1.42. The monoisotopic (exact) mass is 271 g/mol. The van der Waals surface area contributed by atoms with E-state index in [4.69, 9.17) is 21.3 Å². The molecule has 0 rings (SSSR count). The van der Waals surface area contributed by atoms with Crippen LogP contribution in [-0.4, -0.2) is 22.8 Å². The van der Waals surface area contributed by atoms with Gasteiger partial charge in [0.05, 0.1) is 12.2 Å². The molecule has 0 radical (unpaired) electrons. The smallest absolute Gasteiger partial charge is 0.290 e. The number of nitrogens with one attached hydrogen (secondary N) is 1. The first-order valence-corrected chi connectivity index (χ1v) is 7.79. The summed E-state index contributed by atoms with van der Waals surface area (Å²) >= 11 is 6.22. The second-order valence-corrected chi connectivity index (χ2v) is 6.53. The Morgan fingerprint density at radius 2 is 1.67 bits per heavy atom. The van der Waals surface area contributed by atoms with Crippen molar-refractivity contribution in [2.24, 2.45) is 0 Å². The molecular formula is C8H18NO3PS2. The molecule has 1 N–H and O–H groups in total. The molecule has 4 nitrogen and oxygen atoms in total. The minimum Gasteiger partial charge on any atom is -0.290 e. The quantitative estimate of drug-likeness (QED) is 0.612. The number of hydrogen-bond donors (Lipinski definition) is 1. The van der Waals surface area contributed by atoms with Gasteiger partial charge in [0.2, 0.25) is 0 Å². The molecule has 0 aromatic carbocycles. The Labute approximate surface area is 101 Å². The van der Waals surface area contributed by atoms with Crippen LogP contribution in [0.4, 0.5) is 0 Å². The summed E-state index contributed by atoms with van der Waals surface area (Å²) in [5.41, 5.74) is 0. The Morgan fingerprint density at radius 3 is 1.93 bits per heavy atom. The van der Waals surface area contributed by atoms with Crippen molar-refractivity contribution in [1.82, 2.24) is 5.09 Å². The van der Waals surface area contributed by atoms with E-state index in [1.54, 1.807) is 34.0 Å². The summed E-state index contributed by atoms with van der Waals surface area (Å²) < 4.78 is 23.0. The number of thioether (sulfide) groups is 1. The van der Waals surface area contributed by atoms with Crippen LogP contribution in [0, 0.1) is 0 Å². The van der Waals surface area contributed by atoms with Gasteiger partial charge < -0.3 is 0 Å². The zero-order valence-electron chi connectivity index (χ0n) is 9.64. The number of thiocarbonyl (C=S) groups is 1. The maximum atomic E-state index is 12.1. The van der Waals surface area contributed by atoms with Gasteiger partial charge in [-0.2, -0.15) is 0 Å². The lowest BCUT2D eigenvalue weighted by Gasteiger charge is -2.23. The van der Waals surface area contributed by atoms with Crippen LogP contribution >= 0.6 is 31.7 Å². The Balaban J connectivity index is 4.55. The third kappa shape index (κ3) is 7.30. The largest absolute Gasteiger partial charge is 0.434 e. The predicted molar refractivity (Wildman–Crippen MR) is 69.3 cm³/mol. The van der Waals surface area contributed by atoms with Gasteiger partial charge >= 0.3 is 7.75 Å². The van der Waals surface area contributed by atoms with Crippen molar-refractivity contribution in [3.05, 3.63) is 0 Å². The lowest BCUT2D eigenvalue weighted by molar-refractivity contribution is 0.139. The molecule has 0 unspecified atom stereocenters. The summed E-state index contributed by atoms with van der Waals surface area (Å²) in [7, 11) is -3.32. The fraction of sp³-hybridized carbons (Fsp3) is 0.875. The molecule has 15 heavy (non-hydrogen) atoms. The van der Waals surface area contributed by atoms with E-state index in [2.05, 4.69) is 5.09 Å². The minimum absolute atomic E-state index is 0.188. The molecule has 0 bridgehead atoms. The third-order valence-corrected chi connectivity index (χ3v) is 4.39. The summed E-state index contributed by atoms with van der Waals surface area (Å²) in [5.74, 6) is 0. The topological polar surface area (TPSA) is 47.6 Å².